The van der Waals surface area contributed by atoms with Gasteiger partial charge in [-0.05, 0) is 0 Å². The van der Waals surface area contributed by atoms with Crippen LogP contribution >= 0.6 is 0 Å². The lowest BCUT2D eigenvalue weighted by molar-refractivity contribution is -0.138. The first-order valence-corrected chi connectivity index (χ1v) is 6.71. The van der Waals surface area contributed by atoms with Gasteiger partial charge in [0.15, 0.2) is 11.1 Å². The first-order chi connectivity index (χ1) is 10.4. The van der Waals surface area contributed by atoms with Gasteiger partial charge in [0, 0.05) is 11.5 Å². The molecule has 112 valence electrons. The molecule has 2 amide bonds. The molecule has 1 aromatic carbocycles. The minimum Gasteiger partial charge on any atom is -0.384 e. The lowest BCUT2D eigenvalue weighted by Crippen LogP contribution is -2.45. The first kappa shape index (κ1) is 14.1. The van der Waals surface area contributed by atoms with Crippen molar-refractivity contribution in [3.8, 4) is 6.07 Å². The number of nitrogens with two attached hydrogens (primary N) is 1. The number of hydrogen-bond acceptors (Lipinski definition) is 5. The topological polar surface area (TPSA) is 128 Å². The summed E-state index contributed by atoms with van der Waals surface area (Å²) in [5.41, 5.74) is 2.35. The molecule has 7 nitrogen and oxygen atoms in total. The van der Waals surface area contributed by atoms with Crippen LogP contribution in [0.15, 0.2) is 41.7 Å². The van der Waals surface area contributed by atoms with E-state index in [1.165, 1.54) is 0 Å². The van der Waals surface area contributed by atoms with Gasteiger partial charge >= 0.3 is 0 Å². The van der Waals surface area contributed by atoms with Crippen molar-refractivity contribution in [2.24, 2.45) is 17.1 Å². The van der Waals surface area contributed by atoms with Crippen LogP contribution in [0.25, 0.3) is 0 Å². The average molecular weight is 298 g/mol. The van der Waals surface area contributed by atoms with Gasteiger partial charge in [-0.3, -0.25) is 9.59 Å². The third kappa shape index (κ3) is 1.42. The minimum atomic E-state index is -1.82. The molecule has 0 aromatic heterocycles. The number of benzene rings is 1. The maximum absolute atomic E-state index is 12.6. The number of nitrogens with zero attached hydrogens (tertiary/aromatic N) is 1. The predicted octanol–water partition coefficient (Wildman–Crippen LogP) is -0.592. The molecule has 0 saturated carbocycles. The second kappa shape index (κ2) is 4.32. The molecule has 22 heavy (non-hydrogen) atoms. The SMILES string of the molecule is C[C@@H]1[C@@]2(C(=O)NC(N)=C2C#N)C(=O)N[C@]1(O)c1ccccc1. The number of nitriles is 1. The Labute approximate surface area is 126 Å². The number of aliphatic hydroxyl groups is 1. The second-order valence-corrected chi connectivity index (χ2v) is 5.47. The molecule has 1 saturated heterocycles. The van der Waals surface area contributed by atoms with Crippen molar-refractivity contribution in [1.82, 2.24) is 10.6 Å². The lowest BCUT2D eigenvalue weighted by Gasteiger charge is -2.31. The fraction of sp³-hybridized carbons (Fsp3) is 0.267. The van der Waals surface area contributed by atoms with E-state index in [4.69, 9.17) is 5.73 Å². The molecular formula is C15H14N4O3. The summed E-state index contributed by atoms with van der Waals surface area (Å²) in [5, 5.41) is 25.1. The number of nitrogens with one attached hydrogen (secondary N) is 2. The molecule has 0 radical (unpaired) electrons. The van der Waals surface area contributed by atoms with Crippen molar-refractivity contribution >= 4 is 11.8 Å². The zero-order chi connectivity index (χ0) is 16.1. The molecule has 3 atom stereocenters. The van der Waals surface area contributed by atoms with Gasteiger partial charge in [0.1, 0.15) is 11.9 Å². The largest absolute Gasteiger partial charge is 0.384 e. The highest BCUT2D eigenvalue weighted by Crippen LogP contribution is 2.52. The van der Waals surface area contributed by atoms with E-state index in [1.807, 2.05) is 6.07 Å². The molecule has 1 aromatic rings. The van der Waals surface area contributed by atoms with Crippen molar-refractivity contribution in [3.63, 3.8) is 0 Å². The summed E-state index contributed by atoms with van der Waals surface area (Å²) in [6, 6.07) is 10.3. The van der Waals surface area contributed by atoms with Crippen molar-refractivity contribution in [2.75, 3.05) is 0 Å². The highest BCUT2D eigenvalue weighted by atomic mass is 16.3. The molecule has 0 unspecified atom stereocenters. The monoisotopic (exact) mass is 298 g/mol. The van der Waals surface area contributed by atoms with E-state index in [1.54, 1.807) is 37.3 Å². The Hall–Kier alpha value is -2.85. The molecular weight excluding hydrogens is 284 g/mol. The van der Waals surface area contributed by atoms with Crippen molar-refractivity contribution in [1.29, 1.82) is 5.26 Å². The smallest absolute Gasteiger partial charge is 0.247 e. The Morgan fingerprint density at radius 3 is 2.50 bits per heavy atom. The summed E-state index contributed by atoms with van der Waals surface area (Å²) in [6.45, 7) is 1.54. The van der Waals surface area contributed by atoms with E-state index in [-0.39, 0.29) is 11.4 Å². The minimum absolute atomic E-state index is 0.146. The molecule has 2 aliphatic rings. The summed E-state index contributed by atoms with van der Waals surface area (Å²) >= 11 is 0. The fourth-order valence-electron chi connectivity index (χ4n) is 3.29. The van der Waals surface area contributed by atoms with Gasteiger partial charge in [-0.15, -0.1) is 0 Å². The Kier molecular flexibility index (Phi) is 2.77. The summed E-state index contributed by atoms with van der Waals surface area (Å²) in [6.07, 6.45) is 0. The van der Waals surface area contributed by atoms with Crippen LogP contribution in [0.1, 0.15) is 12.5 Å². The Morgan fingerprint density at radius 1 is 1.27 bits per heavy atom. The van der Waals surface area contributed by atoms with Gasteiger partial charge in [0.25, 0.3) is 0 Å². The van der Waals surface area contributed by atoms with Gasteiger partial charge in [0.05, 0.1) is 5.57 Å². The summed E-state index contributed by atoms with van der Waals surface area (Å²) in [4.78, 5) is 24.9. The van der Waals surface area contributed by atoms with Gasteiger partial charge < -0.3 is 21.5 Å². The molecule has 1 spiro atoms. The van der Waals surface area contributed by atoms with E-state index in [9.17, 15) is 20.0 Å². The van der Waals surface area contributed by atoms with Crippen LogP contribution in [0, 0.1) is 22.7 Å². The number of carbonyl (C=O) groups excluding carboxylic acids is 2. The normalized spacial score (nSPS) is 33.8. The van der Waals surface area contributed by atoms with Gasteiger partial charge in [0.2, 0.25) is 11.8 Å². The highest BCUT2D eigenvalue weighted by Gasteiger charge is 2.69. The maximum Gasteiger partial charge on any atom is 0.247 e. The van der Waals surface area contributed by atoms with Crippen LogP contribution in [0.5, 0.6) is 0 Å². The maximum atomic E-state index is 12.6. The van der Waals surface area contributed by atoms with Gasteiger partial charge in [-0.25, -0.2) is 0 Å². The van der Waals surface area contributed by atoms with E-state index in [2.05, 4.69) is 10.6 Å². The van der Waals surface area contributed by atoms with Crippen LogP contribution in [0.4, 0.5) is 0 Å². The zero-order valence-electron chi connectivity index (χ0n) is 11.8. The third-order valence-corrected chi connectivity index (χ3v) is 4.53. The fourth-order valence-corrected chi connectivity index (χ4v) is 3.29. The van der Waals surface area contributed by atoms with E-state index >= 15 is 0 Å². The molecule has 5 N–H and O–H groups in total. The molecule has 0 aliphatic carbocycles. The summed E-state index contributed by atoms with van der Waals surface area (Å²) < 4.78 is 0. The molecule has 2 aliphatic heterocycles. The molecule has 7 heteroatoms. The Morgan fingerprint density at radius 2 is 1.91 bits per heavy atom. The second-order valence-electron chi connectivity index (χ2n) is 5.47. The number of carbonyl (C=O) groups is 2. The van der Waals surface area contributed by atoms with Crippen LogP contribution in [-0.2, 0) is 15.3 Å². The lowest BCUT2D eigenvalue weighted by atomic mass is 9.69. The molecule has 2 heterocycles. The number of amides is 2. The number of rotatable bonds is 1. The van der Waals surface area contributed by atoms with E-state index < -0.39 is 28.9 Å². The quantitative estimate of drug-likeness (QED) is 0.515. The Bertz CT molecular complexity index is 752. The average Bonchev–Trinajstić information content (AvgIpc) is 2.88. The first-order valence-electron chi connectivity index (χ1n) is 6.71. The number of hydrogen-bond donors (Lipinski definition) is 4. The Balaban J connectivity index is 2.20. The summed E-state index contributed by atoms with van der Waals surface area (Å²) in [7, 11) is 0. The third-order valence-electron chi connectivity index (χ3n) is 4.53. The summed E-state index contributed by atoms with van der Waals surface area (Å²) in [5.74, 6) is -2.49. The molecule has 1 fully saturated rings. The van der Waals surface area contributed by atoms with Crippen LogP contribution in [0.3, 0.4) is 0 Å². The van der Waals surface area contributed by atoms with Crippen molar-refractivity contribution in [3.05, 3.63) is 47.3 Å². The molecule has 0 bridgehead atoms. The van der Waals surface area contributed by atoms with Crippen LogP contribution in [-0.4, -0.2) is 16.9 Å². The van der Waals surface area contributed by atoms with Gasteiger partial charge in [-0.2, -0.15) is 5.26 Å². The van der Waals surface area contributed by atoms with Crippen LogP contribution in [0.2, 0.25) is 0 Å². The van der Waals surface area contributed by atoms with Crippen molar-refractivity contribution in [2.45, 2.75) is 12.6 Å². The highest BCUT2D eigenvalue weighted by molar-refractivity contribution is 6.14. The zero-order valence-corrected chi connectivity index (χ0v) is 11.8. The predicted molar refractivity (Wildman–Crippen MR) is 75.0 cm³/mol. The van der Waals surface area contributed by atoms with Crippen molar-refractivity contribution < 1.29 is 14.7 Å². The van der Waals surface area contributed by atoms with E-state index in [0.717, 1.165) is 0 Å². The van der Waals surface area contributed by atoms with Gasteiger partial charge in [-0.1, -0.05) is 37.3 Å². The van der Waals surface area contributed by atoms with Crippen LogP contribution < -0.4 is 16.4 Å². The molecule has 3 rings (SSSR count). The van der Waals surface area contributed by atoms with E-state index in [0.29, 0.717) is 5.56 Å². The standard InChI is InChI=1S/C15H14N4O3/c1-8-14(10(7-16)11(17)18-12(14)20)13(21)19-15(8,22)9-5-3-2-4-6-9/h2-6,8,22H,17H2,1H3,(H,18,20)(H,19,21)/t8-,14-,15-/m1/s1.